The van der Waals surface area contributed by atoms with E-state index in [1.165, 1.54) is 0 Å². The Balaban J connectivity index is 1.76. The first kappa shape index (κ1) is 12.6. The van der Waals surface area contributed by atoms with Gasteiger partial charge in [-0.1, -0.05) is 0 Å². The number of aromatic carboxylic acids is 1. The molecule has 0 radical (unpaired) electrons. The summed E-state index contributed by atoms with van der Waals surface area (Å²) in [5.41, 5.74) is 0. The molecule has 104 valence electrons. The molecule has 2 saturated heterocycles. The number of nitrogens with one attached hydrogen (secondary N) is 1. The molecule has 7 nitrogen and oxygen atoms in total. The number of piperidine rings is 1. The van der Waals surface area contributed by atoms with Gasteiger partial charge in [0, 0.05) is 6.04 Å². The van der Waals surface area contributed by atoms with E-state index in [0.29, 0.717) is 11.9 Å². The lowest BCUT2D eigenvalue weighted by Gasteiger charge is -2.34. The van der Waals surface area contributed by atoms with Gasteiger partial charge >= 0.3 is 5.97 Å². The van der Waals surface area contributed by atoms with E-state index in [9.17, 15) is 4.79 Å². The summed E-state index contributed by atoms with van der Waals surface area (Å²) in [6, 6.07) is 0.623. The number of carboxylic acids is 1. The van der Waals surface area contributed by atoms with Crippen molar-refractivity contribution in [2.45, 2.75) is 37.8 Å². The van der Waals surface area contributed by atoms with Gasteiger partial charge in [-0.25, -0.2) is 4.79 Å². The van der Waals surface area contributed by atoms with Crippen LogP contribution in [0.4, 0.5) is 0 Å². The monoisotopic (exact) mass is 266 g/mol. The van der Waals surface area contributed by atoms with E-state index >= 15 is 0 Å². The second-order valence-electron chi connectivity index (χ2n) is 5.14. The number of hydrogen-bond donors (Lipinski definition) is 2. The van der Waals surface area contributed by atoms with Crippen LogP contribution in [0.25, 0.3) is 0 Å². The topological polar surface area (TPSA) is 91.5 Å². The van der Waals surface area contributed by atoms with Crippen LogP contribution in [0, 0.1) is 0 Å². The number of carboxylic acid groups (broad SMARTS) is 1. The fraction of sp³-hybridized carbons (Fsp3) is 0.750. The standard InChI is InChI=1S/C12H18N4O3/c17-12(18)10-14-11(19-15-10)9-2-1-7-16(9)8-3-5-13-6-4-8/h8-9,13H,1-7H2,(H,17,18). The minimum absolute atomic E-state index is 0.0868. The minimum atomic E-state index is -1.14. The van der Waals surface area contributed by atoms with Crippen molar-refractivity contribution in [3.05, 3.63) is 11.7 Å². The number of hydrogen-bond acceptors (Lipinski definition) is 6. The summed E-state index contributed by atoms with van der Waals surface area (Å²) in [5.74, 6) is -0.929. The summed E-state index contributed by atoms with van der Waals surface area (Å²) >= 11 is 0. The van der Waals surface area contributed by atoms with Crippen molar-refractivity contribution in [3.8, 4) is 0 Å². The van der Waals surface area contributed by atoms with E-state index in [0.717, 1.165) is 45.3 Å². The van der Waals surface area contributed by atoms with Gasteiger partial charge in [0.2, 0.25) is 5.89 Å². The number of rotatable bonds is 3. The molecule has 2 aliphatic heterocycles. The molecular formula is C12H18N4O3. The van der Waals surface area contributed by atoms with Gasteiger partial charge in [0.25, 0.3) is 5.82 Å². The molecule has 19 heavy (non-hydrogen) atoms. The molecule has 0 bridgehead atoms. The maximum atomic E-state index is 10.8. The third kappa shape index (κ3) is 2.48. The van der Waals surface area contributed by atoms with Crippen molar-refractivity contribution < 1.29 is 14.4 Å². The van der Waals surface area contributed by atoms with Crippen LogP contribution in [-0.4, -0.2) is 51.8 Å². The smallest absolute Gasteiger partial charge is 0.377 e. The van der Waals surface area contributed by atoms with Crippen LogP contribution in [-0.2, 0) is 0 Å². The van der Waals surface area contributed by atoms with E-state index in [1.54, 1.807) is 0 Å². The van der Waals surface area contributed by atoms with Gasteiger partial charge in [-0.2, -0.15) is 4.98 Å². The van der Waals surface area contributed by atoms with Crippen molar-refractivity contribution in [2.24, 2.45) is 0 Å². The Morgan fingerprint density at radius 1 is 1.37 bits per heavy atom. The summed E-state index contributed by atoms with van der Waals surface area (Å²) in [6.07, 6.45) is 4.30. The summed E-state index contributed by atoms with van der Waals surface area (Å²) in [5, 5.41) is 15.7. The van der Waals surface area contributed by atoms with Crippen LogP contribution < -0.4 is 5.32 Å². The molecule has 0 aliphatic carbocycles. The molecule has 1 unspecified atom stereocenters. The molecule has 2 aliphatic rings. The molecular weight excluding hydrogens is 248 g/mol. The lowest BCUT2D eigenvalue weighted by atomic mass is 10.0. The van der Waals surface area contributed by atoms with Gasteiger partial charge in [0.05, 0.1) is 6.04 Å². The summed E-state index contributed by atoms with van der Waals surface area (Å²) in [6.45, 7) is 3.11. The fourth-order valence-corrected chi connectivity index (χ4v) is 3.09. The van der Waals surface area contributed by atoms with Crippen LogP contribution in [0.3, 0.4) is 0 Å². The summed E-state index contributed by atoms with van der Waals surface area (Å²) < 4.78 is 5.13. The second-order valence-corrected chi connectivity index (χ2v) is 5.14. The van der Waals surface area contributed by atoms with E-state index in [-0.39, 0.29) is 11.9 Å². The van der Waals surface area contributed by atoms with Crippen LogP contribution in [0.2, 0.25) is 0 Å². The van der Waals surface area contributed by atoms with Crippen molar-refractivity contribution in [1.29, 1.82) is 0 Å². The zero-order valence-electron chi connectivity index (χ0n) is 10.7. The van der Waals surface area contributed by atoms with Gasteiger partial charge in [0.1, 0.15) is 0 Å². The largest absolute Gasteiger partial charge is 0.475 e. The first-order valence-electron chi connectivity index (χ1n) is 6.79. The SMILES string of the molecule is O=C(O)c1noc(C2CCCN2C2CCNCC2)n1. The average Bonchev–Trinajstić information content (AvgIpc) is 3.08. The third-order valence-corrected chi connectivity index (χ3v) is 3.99. The molecule has 2 N–H and O–H groups in total. The molecule has 1 aromatic heterocycles. The molecule has 7 heteroatoms. The lowest BCUT2D eigenvalue weighted by molar-refractivity contribution is 0.0680. The molecule has 2 fully saturated rings. The normalized spacial score (nSPS) is 25.8. The van der Waals surface area contributed by atoms with Crippen molar-refractivity contribution in [2.75, 3.05) is 19.6 Å². The fourth-order valence-electron chi connectivity index (χ4n) is 3.09. The highest BCUT2D eigenvalue weighted by atomic mass is 16.5. The molecule has 0 aromatic carbocycles. The number of carbonyl (C=O) groups is 1. The molecule has 3 heterocycles. The van der Waals surface area contributed by atoms with E-state index in [1.807, 2.05) is 0 Å². The quantitative estimate of drug-likeness (QED) is 0.830. The molecule has 0 amide bonds. The molecule has 1 atom stereocenters. The highest BCUT2D eigenvalue weighted by Crippen LogP contribution is 2.34. The zero-order valence-corrected chi connectivity index (χ0v) is 10.7. The number of likely N-dealkylation sites (tertiary alicyclic amines) is 1. The Morgan fingerprint density at radius 2 is 2.16 bits per heavy atom. The van der Waals surface area contributed by atoms with E-state index < -0.39 is 5.97 Å². The Labute approximate surface area is 111 Å². The van der Waals surface area contributed by atoms with Gasteiger partial charge in [0.15, 0.2) is 0 Å². The number of nitrogens with zero attached hydrogens (tertiary/aromatic N) is 3. The van der Waals surface area contributed by atoms with Gasteiger partial charge < -0.3 is 14.9 Å². The predicted octanol–water partition coefficient (Wildman–Crippen LogP) is 0.657. The van der Waals surface area contributed by atoms with Crippen molar-refractivity contribution >= 4 is 5.97 Å². The molecule has 0 spiro atoms. The van der Waals surface area contributed by atoms with Crippen LogP contribution in [0.15, 0.2) is 4.52 Å². The Hall–Kier alpha value is -1.47. The van der Waals surface area contributed by atoms with Gasteiger partial charge in [-0.15, -0.1) is 0 Å². The highest BCUT2D eigenvalue weighted by Gasteiger charge is 2.36. The minimum Gasteiger partial charge on any atom is -0.475 e. The van der Waals surface area contributed by atoms with Gasteiger partial charge in [-0.3, -0.25) is 4.90 Å². The molecule has 0 saturated carbocycles. The van der Waals surface area contributed by atoms with Crippen molar-refractivity contribution in [3.63, 3.8) is 0 Å². The van der Waals surface area contributed by atoms with Crippen molar-refractivity contribution in [1.82, 2.24) is 20.4 Å². The first-order chi connectivity index (χ1) is 9.25. The van der Waals surface area contributed by atoms with E-state index in [2.05, 4.69) is 20.4 Å². The highest BCUT2D eigenvalue weighted by molar-refractivity contribution is 5.82. The summed E-state index contributed by atoms with van der Waals surface area (Å²) in [4.78, 5) is 17.2. The first-order valence-corrected chi connectivity index (χ1v) is 6.79. The lowest BCUT2D eigenvalue weighted by Crippen LogP contribution is -2.42. The van der Waals surface area contributed by atoms with Gasteiger partial charge in [-0.05, 0) is 50.5 Å². The molecule has 3 rings (SSSR count). The Morgan fingerprint density at radius 3 is 2.84 bits per heavy atom. The van der Waals surface area contributed by atoms with E-state index in [4.69, 9.17) is 9.63 Å². The number of aromatic nitrogens is 2. The van der Waals surface area contributed by atoms with Crippen LogP contribution in [0.5, 0.6) is 0 Å². The predicted molar refractivity (Wildman–Crippen MR) is 65.8 cm³/mol. The van der Waals surface area contributed by atoms with Crippen LogP contribution >= 0.6 is 0 Å². The molecule has 1 aromatic rings. The Bertz CT molecular complexity index is 456. The summed E-state index contributed by atoms with van der Waals surface area (Å²) in [7, 11) is 0. The average molecular weight is 266 g/mol. The third-order valence-electron chi connectivity index (χ3n) is 3.99. The maximum Gasteiger partial charge on any atom is 0.377 e. The second kappa shape index (κ2) is 5.26. The Kier molecular flexibility index (Phi) is 3.48. The van der Waals surface area contributed by atoms with Crippen LogP contribution in [0.1, 0.15) is 48.2 Å². The zero-order chi connectivity index (χ0) is 13.2. The maximum absolute atomic E-state index is 10.8.